The number of aliphatic hydroxyl groups excluding tert-OH is 1. The highest BCUT2D eigenvalue weighted by Gasteiger charge is 2.12. The zero-order valence-electron chi connectivity index (χ0n) is 5.47. The van der Waals surface area contributed by atoms with Crippen LogP contribution in [0, 0.1) is 0 Å². The Morgan fingerprint density at radius 3 is 2.89 bits per heavy atom. The molecule has 0 heterocycles. The van der Waals surface area contributed by atoms with Crippen molar-refractivity contribution in [2.24, 2.45) is 0 Å². The third kappa shape index (κ3) is 2.14. The molecule has 1 aliphatic rings. The average molecular weight is 128 g/mol. The summed E-state index contributed by atoms with van der Waals surface area (Å²) in [7, 11) is 0. The van der Waals surface area contributed by atoms with E-state index < -0.39 is 0 Å². The number of hydrogen-bond acceptors (Lipinski definition) is 2. The minimum absolute atomic E-state index is 0.212. The van der Waals surface area contributed by atoms with Crippen LogP contribution in [-0.2, 0) is 4.79 Å². The third-order valence-corrected chi connectivity index (χ3v) is 1.75. The Morgan fingerprint density at radius 2 is 2.11 bits per heavy atom. The molecule has 0 aliphatic heterocycles. The van der Waals surface area contributed by atoms with Gasteiger partial charge in [-0.3, -0.25) is 4.79 Å². The molecule has 1 rings (SSSR count). The van der Waals surface area contributed by atoms with Gasteiger partial charge in [0.15, 0.2) is 0 Å². The molecule has 0 unspecified atom stereocenters. The maximum atomic E-state index is 10.7. The van der Waals surface area contributed by atoms with E-state index in [4.69, 9.17) is 5.11 Å². The summed E-state index contributed by atoms with van der Waals surface area (Å²) in [5, 5.41) is 9.05. The normalized spacial score (nSPS) is 29.9. The topological polar surface area (TPSA) is 37.3 Å². The van der Waals surface area contributed by atoms with Crippen LogP contribution in [0.4, 0.5) is 0 Å². The summed E-state index contributed by atoms with van der Waals surface area (Å²) >= 11 is 0. The van der Waals surface area contributed by atoms with E-state index >= 15 is 0 Å². The molecule has 52 valence electrons. The monoisotopic (exact) mass is 128 g/mol. The quantitative estimate of drug-likeness (QED) is 0.492. The van der Waals surface area contributed by atoms with Gasteiger partial charge in [-0.25, -0.2) is 0 Å². The van der Waals surface area contributed by atoms with Gasteiger partial charge in [-0.05, 0) is 19.3 Å². The first-order valence-electron chi connectivity index (χ1n) is 3.49. The van der Waals surface area contributed by atoms with E-state index in [0.717, 1.165) is 12.8 Å². The van der Waals surface area contributed by atoms with Gasteiger partial charge in [-0.1, -0.05) is 0 Å². The predicted octanol–water partition coefficient (Wildman–Crippen LogP) is 0.881. The first kappa shape index (κ1) is 6.75. The molecule has 9 heavy (non-hydrogen) atoms. The molecule has 2 nitrogen and oxygen atoms in total. The van der Waals surface area contributed by atoms with Crippen LogP contribution in [0.2, 0.25) is 0 Å². The second-order valence-corrected chi connectivity index (χ2v) is 2.62. The summed E-state index contributed by atoms with van der Waals surface area (Å²) in [6, 6.07) is 0. The summed E-state index contributed by atoms with van der Waals surface area (Å²) in [5.74, 6) is 0.312. The van der Waals surface area contributed by atoms with Crippen molar-refractivity contribution in [1.29, 1.82) is 0 Å². The van der Waals surface area contributed by atoms with E-state index in [-0.39, 0.29) is 6.10 Å². The van der Waals surface area contributed by atoms with Crippen LogP contribution >= 0.6 is 0 Å². The number of rotatable bonds is 0. The van der Waals surface area contributed by atoms with Gasteiger partial charge in [0.05, 0.1) is 6.10 Å². The lowest BCUT2D eigenvalue weighted by atomic mass is 10.2. The summed E-state index contributed by atoms with van der Waals surface area (Å²) < 4.78 is 0. The fourth-order valence-electron chi connectivity index (χ4n) is 1.13. The number of carbonyl (C=O) groups is 1. The first-order chi connectivity index (χ1) is 4.29. The highest BCUT2D eigenvalue weighted by molar-refractivity contribution is 5.78. The highest BCUT2D eigenvalue weighted by Crippen LogP contribution is 2.13. The van der Waals surface area contributed by atoms with Crippen LogP contribution in [-0.4, -0.2) is 17.0 Å². The van der Waals surface area contributed by atoms with Crippen LogP contribution < -0.4 is 0 Å². The Bertz CT molecular complexity index is 109. The van der Waals surface area contributed by atoms with Gasteiger partial charge in [-0.2, -0.15) is 0 Å². The third-order valence-electron chi connectivity index (χ3n) is 1.75. The lowest BCUT2D eigenvalue weighted by Gasteiger charge is -2.01. The van der Waals surface area contributed by atoms with Crippen molar-refractivity contribution in [2.75, 3.05) is 0 Å². The molecule has 0 bridgehead atoms. The minimum Gasteiger partial charge on any atom is -0.393 e. The van der Waals surface area contributed by atoms with E-state index in [1.54, 1.807) is 0 Å². The number of ketones is 1. The fraction of sp³-hybridized carbons (Fsp3) is 0.857. The first-order valence-corrected chi connectivity index (χ1v) is 3.49. The van der Waals surface area contributed by atoms with Gasteiger partial charge in [0, 0.05) is 12.8 Å². The zero-order chi connectivity index (χ0) is 6.69. The van der Waals surface area contributed by atoms with Gasteiger partial charge < -0.3 is 5.11 Å². The highest BCUT2D eigenvalue weighted by atomic mass is 16.3. The molecule has 2 heteroatoms. The van der Waals surface area contributed by atoms with Crippen molar-refractivity contribution in [2.45, 2.75) is 38.2 Å². The van der Waals surface area contributed by atoms with Crippen LogP contribution in [0.5, 0.6) is 0 Å². The second-order valence-electron chi connectivity index (χ2n) is 2.62. The summed E-state index contributed by atoms with van der Waals surface area (Å²) in [4.78, 5) is 10.7. The lowest BCUT2D eigenvalue weighted by Crippen LogP contribution is -2.03. The number of Topliss-reactive ketones (excluding diaryl/α,β-unsaturated/α-hetero) is 1. The second kappa shape index (κ2) is 2.97. The standard InChI is InChI=1S/C7H12O2/c8-6-2-1-3-7(9)5-4-6/h6,8H,1-5H2/t6-/m0/s1. The van der Waals surface area contributed by atoms with Gasteiger partial charge in [0.2, 0.25) is 0 Å². The minimum atomic E-state index is -0.212. The van der Waals surface area contributed by atoms with Crippen molar-refractivity contribution >= 4 is 5.78 Å². The van der Waals surface area contributed by atoms with Gasteiger partial charge in [0.1, 0.15) is 5.78 Å². The molecule has 1 fully saturated rings. The molecule has 0 radical (unpaired) electrons. The van der Waals surface area contributed by atoms with E-state index in [9.17, 15) is 4.79 Å². The Hall–Kier alpha value is -0.370. The van der Waals surface area contributed by atoms with Crippen molar-refractivity contribution in [1.82, 2.24) is 0 Å². The summed E-state index contributed by atoms with van der Waals surface area (Å²) in [5.41, 5.74) is 0. The number of carbonyl (C=O) groups excluding carboxylic acids is 1. The van der Waals surface area contributed by atoms with Crippen LogP contribution in [0.25, 0.3) is 0 Å². The Labute approximate surface area is 54.9 Å². The van der Waals surface area contributed by atoms with E-state index in [0.29, 0.717) is 25.0 Å². The number of hydrogen-bond donors (Lipinski definition) is 1. The molecule has 0 spiro atoms. The average Bonchev–Trinajstić information content (AvgIpc) is 1.97. The maximum Gasteiger partial charge on any atom is 0.133 e. The zero-order valence-corrected chi connectivity index (χ0v) is 5.47. The van der Waals surface area contributed by atoms with Gasteiger partial charge >= 0.3 is 0 Å². The largest absolute Gasteiger partial charge is 0.393 e. The van der Waals surface area contributed by atoms with Crippen molar-refractivity contribution in [3.05, 3.63) is 0 Å². The van der Waals surface area contributed by atoms with E-state index in [1.807, 2.05) is 0 Å². The SMILES string of the molecule is O=C1CCC[C@H](O)CC1. The molecule has 1 aliphatic carbocycles. The van der Waals surface area contributed by atoms with Crippen LogP contribution in [0.15, 0.2) is 0 Å². The van der Waals surface area contributed by atoms with Crippen LogP contribution in [0.1, 0.15) is 32.1 Å². The van der Waals surface area contributed by atoms with Crippen LogP contribution in [0.3, 0.4) is 0 Å². The molecule has 0 aromatic carbocycles. The summed E-state index contributed by atoms with van der Waals surface area (Å²) in [6.45, 7) is 0. The number of aliphatic hydroxyl groups is 1. The smallest absolute Gasteiger partial charge is 0.133 e. The fourth-order valence-corrected chi connectivity index (χ4v) is 1.13. The van der Waals surface area contributed by atoms with Crippen molar-refractivity contribution < 1.29 is 9.90 Å². The Balaban J connectivity index is 2.34. The molecule has 0 saturated heterocycles. The molecule has 0 amide bonds. The van der Waals surface area contributed by atoms with Gasteiger partial charge in [-0.15, -0.1) is 0 Å². The molecule has 0 aromatic rings. The molecular formula is C7H12O2. The molecule has 1 atom stereocenters. The maximum absolute atomic E-state index is 10.7. The van der Waals surface area contributed by atoms with Gasteiger partial charge in [0.25, 0.3) is 0 Å². The molecule has 1 N–H and O–H groups in total. The summed E-state index contributed by atoms with van der Waals surface area (Å²) in [6.07, 6.45) is 3.42. The lowest BCUT2D eigenvalue weighted by molar-refractivity contribution is -0.119. The molecule has 1 saturated carbocycles. The Morgan fingerprint density at radius 1 is 1.33 bits per heavy atom. The predicted molar refractivity (Wildman–Crippen MR) is 34.1 cm³/mol. The molecular weight excluding hydrogens is 116 g/mol. The van der Waals surface area contributed by atoms with E-state index in [1.165, 1.54) is 0 Å². The van der Waals surface area contributed by atoms with Crippen molar-refractivity contribution in [3.63, 3.8) is 0 Å². The Kier molecular flexibility index (Phi) is 2.22. The molecule has 0 aromatic heterocycles. The van der Waals surface area contributed by atoms with E-state index in [2.05, 4.69) is 0 Å². The van der Waals surface area contributed by atoms with Crippen molar-refractivity contribution in [3.8, 4) is 0 Å².